The van der Waals surface area contributed by atoms with Crippen LogP contribution in [0.1, 0.15) is 27.2 Å². The number of hydrogen-bond acceptors (Lipinski definition) is 3. The molecular weight excluding hydrogens is 368 g/mol. The van der Waals surface area contributed by atoms with E-state index in [-0.39, 0.29) is 5.91 Å². The third kappa shape index (κ3) is 3.71. The molecular formula is C18H17BrN4O. The van der Waals surface area contributed by atoms with Crippen molar-refractivity contribution in [1.29, 1.82) is 0 Å². The van der Waals surface area contributed by atoms with Gasteiger partial charge in [-0.25, -0.2) is 4.68 Å². The summed E-state index contributed by atoms with van der Waals surface area (Å²) in [5.41, 5.74) is 4.59. The molecule has 3 aromatic rings. The molecule has 1 heterocycles. The highest BCUT2D eigenvalue weighted by molar-refractivity contribution is 9.10. The number of halogens is 1. The molecule has 24 heavy (non-hydrogen) atoms. The van der Waals surface area contributed by atoms with Crippen LogP contribution in [0, 0.1) is 13.8 Å². The Morgan fingerprint density at radius 2 is 1.88 bits per heavy atom. The molecule has 1 N–H and O–H groups in total. The minimum absolute atomic E-state index is 0.243. The average molecular weight is 385 g/mol. The number of aromatic nitrogens is 3. The summed E-state index contributed by atoms with van der Waals surface area (Å²) < 4.78 is 2.62. The van der Waals surface area contributed by atoms with E-state index in [0.29, 0.717) is 12.2 Å². The highest BCUT2D eigenvalue weighted by Gasteiger charge is 2.11. The molecule has 1 aromatic heterocycles. The first-order chi connectivity index (χ1) is 11.5. The smallest absolute Gasteiger partial charge is 0.273 e. The second-order valence-electron chi connectivity index (χ2n) is 5.63. The largest absolute Gasteiger partial charge is 0.347 e. The van der Waals surface area contributed by atoms with Crippen molar-refractivity contribution in [2.24, 2.45) is 0 Å². The maximum Gasteiger partial charge on any atom is 0.273 e. The molecule has 0 spiro atoms. The molecule has 5 nitrogen and oxygen atoms in total. The molecule has 0 atom stereocenters. The molecule has 0 saturated heterocycles. The second-order valence-corrected chi connectivity index (χ2v) is 6.54. The molecule has 0 aliphatic rings. The van der Waals surface area contributed by atoms with Crippen LogP contribution >= 0.6 is 15.9 Å². The normalized spacial score (nSPS) is 10.6. The van der Waals surface area contributed by atoms with Gasteiger partial charge in [-0.1, -0.05) is 39.3 Å². The SMILES string of the molecule is Cc1ccc(-n2cc(C(=O)NCc3ccc(Br)cc3)nn2)cc1C. The Bertz CT molecular complexity index is 871. The highest BCUT2D eigenvalue weighted by Crippen LogP contribution is 2.13. The first kappa shape index (κ1) is 16.4. The highest BCUT2D eigenvalue weighted by atomic mass is 79.9. The molecule has 0 aliphatic heterocycles. The summed E-state index contributed by atoms with van der Waals surface area (Å²) in [6.45, 7) is 4.55. The van der Waals surface area contributed by atoms with E-state index in [1.807, 2.05) is 49.4 Å². The van der Waals surface area contributed by atoms with Crippen LogP contribution in [-0.4, -0.2) is 20.9 Å². The summed E-state index contributed by atoms with van der Waals surface area (Å²) in [7, 11) is 0. The molecule has 0 radical (unpaired) electrons. The van der Waals surface area contributed by atoms with Gasteiger partial charge in [0.2, 0.25) is 0 Å². The molecule has 0 unspecified atom stereocenters. The van der Waals surface area contributed by atoms with Gasteiger partial charge >= 0.3 is 0 Å². The predicted octanol–water partition coefficient (Wildman–Crippen LogP) is 3.58. The van der Waals surface area contributed by atoms with Crippen LogP contribution < -0.4 is 5.32 Å². The van der Waals surface area contributed by atoms with Crippen molar-refractivity contribution >= 4 is 21.8 Å². The van der Waals surface area contributed by atoms with Gasteiger partial charge < -0.3 is 5.32 Å². The number of benzene rings is 2. The molecule has 6 heteroatoms. The number of carbonyl (C=O) groups excluding carboxylic acids is 1. The van der Waals surface area contributed by atoms with Crippen LogP contribution in [-0.2, 0) is 6.54 Å². The van der Waals surface area contributed by atoms with E-state index in [9.17, 15) is 4.79 Å². The van der Waals surface area contributed by atoms with E-state index >= 15 is 0 Å². The summed E-state index contributed by atoms with van der Waals surface area (Å²) in [6, 6.07) is 13.8. The van der Waals surface area contributed by atoms with Gasteiger partial charge in [0.1, 0.15) is 0 Å². The topological polar surface area (TPSA) is 59.8 Å². The van der Waals surface area contributed by atoms with E-state index < -0.39 is 0 Å². The minimum Gasteiger partial charge on any atom is -0.347 e. The van der Waals surface area contributed by atoms with Crippen LogP contribution in [0.3, 0.4) is 0 Å². The summed E-state index contributed by atoms with van der Waals surface area (Å²) in [5, 5.41) is 10.9. The van der Waals surface area contributed by atoms with E-state index in [0.717, 1.165) is 15.7 Å². The molecule has 3 rings (SSSR count). The Morgan fingerprint density at radius 3 is 2.58 bits per heavy atom. The standard InChI is InChI=1S/C18H17BrN4O/c1-12-3-8-16(9-13(12)2)23-11-17(21-22-23)18(24)20-10-14-4-6-15(19)7-5-14/h3-9,11H,10H2,1-2H3,(H,20,24). The second kappa shape index (κ2) is 6.97. The van der Waals surface area contributed by atoms with Gasteiger partial charge in [-0.05, 0) is 54.8 Å². The van der Waals surface area contributed by atoms with Crippen LogP contribution in [0.25, 0.3) is 5.69 Å². The first-order valence-electron chi connectivity index (χ1n) is 7.55. The number of hydrogen-bond donors (Lipinski definition) is 1. The Balaban J connectivity index is 1.69. The fourth-order valence-corrected chi connectivity index (χ4v) is 2.50. The molecule has 0 fully saturated rings. The molecule has 1 amide bonds. The van der Waals surface area contributed by atoms with E-state index in [1.165, 1.54) is 11.1 Å². The van der Waals surface area contributed by atoms with Gasteiger partial charge in [0.15, 0.2) is 5.69 Å². The Labute approximate surface area is 148 Å². The van der Waals surface area contributed by atoms with Gasteiger partial charge in [-0.2, -0.15) is 0 Å². The maximum absolute atomic E-state index is 12.2. The number of aryl methyl sites for hydroxylation is 2. The van der Waals surface area contributed by atoms with Gasteiger partial charge in [-0.15, -0.1) is 5.10 Å². The Hall–Kier alpha value is -2.47. The molecule has 0 saturated carbocycles. The van der Waals surface area contributed by atoms with Gasteiger partial charge in [0, 0.05) is 11.0 Å². The molecule has 0 bridgehead atoms. The van der Waals surface area contributed by atoms with Gasteiger partial charge in [-0.3, -0.25) is 4.79 Å². The lowest BCUT2D eigenvalue weighted by Gasteiger charge is -2.04. The van der Waals surface area contributed by atoms with Gasteiger partial charge in [0.05, 0.1) is 11.9 Å². The van der Waals surface area contributed by atoms with Gasteiger partial charge in [0.25, 0.3) is 5.91 Å². The number of rotatable bonds is 4. The molecule has 122 valence electrons. The lowest BCUT2D eigenvalue weighted by molar-refractivity contribution is 0.0946. The zero-order valence-corrected chi connectivity index (χ0v) is 15.0. The zero-order valence-electron chi connectivity index (χ0n) is 13.5. The van der Waals surface area contributed by atoms with Crippen LogP contribution in [0.15, 0.2) is 53.1 Å². The molecule has 2 aromatic carbocycles. The Kier molecular flexibility index (Phi) is 4.76. The number of carbonyl (C=O) groups is 1. The average Bonchev–Trinajstić information content (AvgIpc) is 3.07. The van der Waals surface area contributed by atoms with Crippen molar-refractivity contribution in [3.05, 3.63) is 75.5 Å². The third-order valence-corrected chi connectivity index (χ3v) is 4.38. The minimum atomic E-state index is -0.243. The summed E-state index contributed by atoms with van der Waals surface area (Å²) in [4.78, 5) is 12.2. The maximum atomic E-state index is 12.2. The predicted molar refractivity (Wildman–Crippen MR) is 96.1 cm³/mol. The van der Waals surface area contributed by atoms with Crippen molar-refractivity contribution in [2.75, 3.05) is 0 Å². The monoisotopic (exact) mass is 384 g/mol. The lowest BCUT2D eigenvalue weighted by atomic mass is 10.1. The fourth-order valence-electron chi connectivity index (χ4n) is 2.24. The molecule has 0 aliphatic carbocycles. The van der Waals surface area contributed by atoms with Crippen molar-refractivity contribution in [3.63, 3.8) is 0 Å². The van der Waals surface area contributed by atoms with Crippen LogP contribution in [0.5, 0.6) is 0 Å². The lowest BCUT2D eigenvalue weighted by Crippen LogP contribution is -2.23. The van der Waals surface area contributed by atoms with Crippen LogP contribution in [0.2, 0.25) is 0 Å². The van der Waals surface area contributed by atoms with E-state index in [2.05, 4.69) is 38.5 Å². The van der Waals surface area contributed by atoms with Crippen molar-refractivity contribution in [2.45, 2.75) is 20.4 Å². The summed E-state index contributed by atoms with van der Waals surface area (Å²) >= 11 is 3.39. The third-order valence-electron chi connectivity index (χ3n) is 3.85. The number of nitrogens with zero attached hydrogens (tertiary/aromatic N) is 3. The Morgan fingerprint density at radius 1 is 1.12 bits per heavy atom. The van der Waals surface area contributed by atoms with Crippen molar-refractivity contribution < 1.29 is 4.79 Å². The first-order valence-corrected chi connectivity index (χ1v) is 8.35. The quantitative estimate of drug-likeness (QED) is 0.747. The zero-order chi connectivity index (χ0) is 17.1. The summed E-state index contributed by atoms with van der Waals surface area (Å²) in [5.74, 6) is -0.243. The van der Waals surface area contributed by atoms with E-state index in [4.69, 9.17) is 0 Å². The van der Waals surface area contributed by atoms with Crippen molar-refractivity contribution in [1.82, 2.24) is 20.3 Å². The fraction of sp³-hybridized carbons (Fsp3) is 0.167. The summed E-state index contributed by atoms with van der Waals surface area (Å²) in [6.07, 6.45) is 1.64. The number of amides is 1. The van der Waals surface area contributed by atoms with Crippen LogP contribution in [0.4, 0.5) is 0 Å². The number of nitrogens with one attached hydrogen (secondary N) is 1. The van der Waals surface area contributed by atoms with E-state index in [1.54, 1.807) is 10.9 Å². The van der Waals surface area contributed by atoms with Crippen molar-refractivity contribution in [3.8, 4) is 5.69 Å².